The van der Waals surface area contributed by atoms with Crippen LogP contribution in [-0.4, -0.2) is 31.0 Å². The number of rotatable bonds is 5. The molecule has 1 aromatic rings. The van der Waals surface area contributed by atoms with Crippen molar-refractivity contribution < 1.29 is 14.2 Å². The average molecular weight is 318 g/mol. The molecule has 0 amide bonds. The highest BCUT2D eigenvalue weighted by Crippen LogP contribution is 2.24. The Labute approximate surface area is 114 Å². The minimum atomic E-state index is -0.290. The predicted molar refractivity (Wildman–Crippen MR) is 70.9 cm³/mol. The van der Waals surface area contributed by atoms with Gasteiger partial charge in [-0.2, -0.15) is 0 Å². The summed E-state index contributed by atoms with van der Waals surface area (Å²) in [6.07, 6.45) is 2.37. The minimum Gasteiger partial charge on any atom is -0.394 e. The maximum absolute atomic E-state index is 13.0. The largest absolute Gasteiger partial charge is 0.394 e. The Balaban J connectivity index is 1.98. The summed E-state index contributed by atoms with van der Waals surface area (Å²) in [5.41, 5.74) is 0.858. The highest BCUT2D eigenvalue weighted by atomic mass is 79.9. The van der Waals surface area contributed by atoms with Crippen molar-refractivity contribution in [3.8, 4) is 0 Å². The molecule has 2 rings (SSSR count). The molecule has 0 spiro atoms. The first-order valence-corrected chi connectivity index (χ1v) is 6.91. The SMILES string of the molecule is OCC(NCC1CCCO1)c1ccc(F)cc1Br. The molecule has 3 nitrogen and oxygen atoms in total. The zero-order valence-electron chi connectivity index (χ0n) is 10.0. The molecule has 1 fully saturated rings. The first-order valence-electron chi connectivity index (χ1n) is 6.11. The van der Waals surface area contributed by atoms with Crippen LogP contribution >= 0.6 is 15.9 Å². The summed E-state index contributed by atoms with van der Waals surface area (Å²) in [6.45, 7) is 1.49. The van der Waals surface area contributed by atoms with Crippen LogP contribution < -0.4 is 5.32 Å². The lowest BCUT2D eigenvalue weighted by Crippen LogP contribution is -2.32. The second-order valence-corrected chi connectivity index (χ2v) is 5.30. The molecule has 2 N–H and O–H groups in total. The van der Waals surface area contributed by atoms with Gasteiger partial charge in [-0.1, -0.05) is 22.0 Å². The highest BCUT2D eigenvalue weighted by Gasteiger charge is 2.19. The second kappa shape index (κ2) is 6.61. The van der Waals surface area contributed by atoms with Crippen LogP contribution in [-0.2, 0) is 4.74 Å². The summed E-state index contributed by atoms with van der Waals surface area (Å²) in [4.78, 5) is 0. The molecule has 5 heteroatoms. The van der Waals surface area contributed by atoms with Crippen LogP contribution in [0.1, 0.15) is 24.4 Å². The molecule has 2 unspecified atom stereocenters. The minimum absolute atomic E-state index is 0.0308. The van der Waals surface area contributed by atoms with E-state index in [0.29, 0.717) is 11.0 Å². The second-order valence-electron chi connectivity index (χ2n) is 4.44. The van der Waals surface area contributed by atoms with Crippen LogP contribution in [0.4, 0.5) is 4.39 Å². The number of hydrogen-bond acceptors (Lipinski definition) is 3. The van der Waals surface area contributed by atoms with E-state index in [1.54, 1.807) is 6.07 Å². The fourth-order valence-corrected chi connectivity index (χ4v) is 2.76. The van der Waals surface area contributed by atoms with Gasteiger partial charge in [-0.25, -0.2) is 4.39 Å². The monoisotopic (exact) mass is 317 g/mol. The van der Waals surface area contributed by atoms with Crippen LogP contribution in [0.3, 0.4) is 0 Å². The van der Waals surface area contributed by atoms with E-state index in [2.05, 4.69) is 21.2 Å². The first-order chi connectivity index (χ1) is 8.70. The van der Waals surface area contributed by atoms with Gasteiger partial charge in [-0.3, -0.25) is 0 Å². The summed E-state index contributed by atoms with van der Waals surface area (Å²) in [5.74, 6) is -0.290. The molecule has 0 aromatic heterocycles. The van der Waals surface area contributed by atoms with E-state index >= 15 is 0 Å². The topological polar surface area (TPSA) is 41.5 Å². The van der Waals surface area contributed by atoms with Gasteiger partial charge in [-0.05, 0) is 30.5 Å². The summed E-state index contributed by atoms with van der Waals surface area (Å²) in [5, 5.41) is 12.7. The number of benzene rings is 1. The molecule has 100 valence electrons. The van der Waals surface area contributed by atoms with Crippen molar-refractivity contribution in [2.45, 2.75) is 25.0 Å². The quantitative estimate of drug-likeness (QED) is 0.876. The van der Waals surface area contributed by atoms with Crippen molar-refractivity contribution in [3.05, 3.63) is 34.1 Å². The van der Waals surface area contributed by atoms with E-state index < -0.39 is 0 Å². The van der Waals surface area contributed by atoms with Gasteiger partial charge < -0.3 is 15.2 Å². The maximum Gasteiger partial charge on any atom is 0.124 e. The summed E-state index contributed by atoms with van der Waals surface area (Å²) in [6, 6.07) is 4.29. The number of ether oxygens (including phenoxy) is 1. The van der Waals surface area contributed by atoms with Gasteiger partial charge in [0.05, 0.1) is 18.8 Å². The van der Waals surface area contributed by atoms with Gasteiger partial charge in [0, 0.05) is 17.6 Å². The van der Waals surface area contributed by atoms with Gasteiger partial charge in [0.1, 0.15) is 5.82 Å². The molecule has 1 aliphatic heterocycles. The lowest BCUT2D eigenvalue weighted by atomic mass is 10.1. The first kappa shape index (κ1) is 13.9. The van der Waals surface area contributed by atoms with Gasteiger partial charge in [0.2, 0.25) is 0 Å². The van der Waals surface area contributed by atoms with Crippen LogP contribution in [0.2, 0.25) is 0 Å². The van der Waals surface area contributed by atoms with Crippen molar-refractivity contribution in [3.63, 3.8) is 0 Å². The van der Waals surface area contributed by atoms with Crippen LogP contribution in [0.25, 0.3) is 0 Å². The Kier molecular flexibility index (Phi) is 5.12. The molecule has 18 heavy (non-hydrogen) atoms. The van der Waals surface area contributed by atoms with Gasteiger partial charge in [-0.15, -0.1) is 0 Å². The molecule has 0 radical (unpaired) electrons. The predicted octanol–water partition coefficient (Wildman–Crippen LogP) is 2.39. The summed E-state index contributed by atoms with van der Waals surface area (Å²) in [7, 11) is 0. The zero-order valence-corrected chi connectivity index (χ0v) is 11.6. The fraction of sp³-hybridized carbons (Fsp3) is 0.538. The number of aliphatic hydroxyl groups is 1. The number of halogens is 2. The third-order valence-electron chi connectivity index (χ3n) is 3.14. The zero-order chi connectivity index (χ0) is 13.0. The standard InChI is InChI=1S/C13H17BrFNO2/c14-12-6-9(15)3-4-11(12)13(8-17)16-7-10-2-1-5-18-10/h3-4,6,10,13,16-17H,1-2,5,7-8H2. The number of aliphatic hydroxyl groups excluding tert-OH is 1. The van der Waals surface area contributed by atoms with Crippen molar-refractivity contribution in [1.29, 1.82) is 0 Å². The maximum atomic E-state index is 13.0. The third-order valence-corrected chi connectivity index (χ3v) is 3.82. The summed E-state index contributed by atoms with van der Waals surface area (Å²) < 4.78 is 19.2. The van der Waals surface area contributed by atoms with Crippen molar-refractivity contribution in [1.82, 2.24) is 5.32 Å². The molecule has 0 aliphatic carbocycles. The number of hydrogen-bond donors (Lipinski definition) is 2. The molecule has 1 heterocycles. The summed E-state index contributed by atoms with van der Waals surface area (Å²) >= 11 is 3.32. The lowest BCUT2D eigenvalue weighted by molar-refractivity contribution is 0.104. The molecule has 0 bridgehead atoms. The Bertz CT molecular complexity index is 397. The van der Waals surface area contributed by atoms with Crippen molar-refractivity contribution in [2.75, 3.05) is 19.8 Å². The Morgan fingerprint density at radius 3 is 3.00 bits per heavy atom. The van der Waals surface area contributed by atoms with E-state index in [1.807, 2.05) is 0 Å². The Morgan fingerprint density at radius 2 is 2.39 bits per heavy atom. The molecule has 0 saturated carbocycles. The molecule has 2 atom stereocenters. The van der Waals surface area contributed by atoms with Crippen LogP contribution in [0, 0.1) is 5.82 Å². The Hall–Kier alpha value is -0.490. The Morgan fingerprint density at radius 1 is 1.56 bits per heavy atom. The van der Waals surface area contributed by atoms with Crippen LogP contribution in [0.5, 0.6) is 0 Å². The van der Waals surface area contributed by atoms with Gasteiger partial charge in [0.15, 0.2) is 0 Å². The van der Waals surface area contributed by atoms with Gasteiger partial charge >= 0.3 is 0 Å². The third kappa shape index (κ3) is 3.51. The number of nitrogens with one attached hydrogen (secondary N) is 1. The van der Waals surface area contributed by atoms with E-state index in [1.165, 1.54) is 12.1 Å². The lowest BCUT2D eigenvalue weighted by Gasteiger charge is -2.20. The van der Waals surface area contributed by atoms with Gasteiger partial charge in [0.25, 0.3) is 0 Å². The van der Waals surface area contributed by atoms with E-state index in [4.69, 9.17) is 4.74 Å². The molecular formula is C13H17BrFNO2. The fourth-order valence-electron chi connectivity index (χ4n) is 2.14. The molecule has 1 aromatic carbocycles. The average Bonchev–Trinajstić information content (AvgIpc) is 2.85. The van der Waals surface area contributed by atoms with Crippen LogP contribution in [0.15, 0.2) is 22.7 Å². The van der Waals surface area contributed by atoms with E-state index in [9.17, 15) is 9.50 Å². The van der Waals surface area contributed by atoms with E-state index in [0.717, 1.165) is 25.0 Å². The van der Waals surface area contributed by atoms with E-state index in [-0.39, 0.29) is 24.6 Å². The smallest absolute Gasteiger partial charge is 0.124 e. The molecule has 1 saturated heterocycles. The molecule has 1 aliphatic rings. The van der Waals surface area contributed by atoms with Crippen molar-refractivity contribution >= 4 is 15.9 Å². The van der Waals surface area contributed by atoms with Crippen molar-refractivity contribution in [2.24, 2.45) is 0 Å². The molecular weight excluding hydrogens is 301 g/mol. The normalized spacial score (nSPS) is 21.2. The highest BCUT2D eigenvalue weighted by molar-refractivity contribution is 9.10.